The van der Waals surface area contributed by atoms with Crippen molar-refractivity contribution in [3.8, 4) is 0 Å². The molecule has 0 radical (unpaired) electrons. The van der Waals surface area contributed by atoms with Crippen molar-refractivity contribution >= 4 is 17.9 Å². The molecule has 3 aliphatic heterocycles. The number of rotatable bonds is 8. The molecular formula is C26H30N4O5. The number of aromatic nitrogens is 1. The van der Waals surface area contributed by atoms with Gasteiger partial charge in [0.15, 0.2) is 0 Å². The van der Waals surface area contributed by atoms with Gasteiger partial charge in [-0.25, -0.2) is 4.79 Å². The van der Waals surface area contributed by atoms with Crippen molar-refractivity contribution in [2.24, 2.45) is 0 Å². The summed E-state index contributed by atoms with van der Waals surface area (Å²) in [7, 11) is 0. The number of benzene rings is 1. The van der Waals surface area contributed by atoms with E-state index in [4.69, 9.17) is 9.47 Å². The Hall–Kier alpha value is -3.46. The van der Waals surface area contributed by atoms with Gasteiger partial charge >= 0.3 is 6.09 Å². The number of carbonyl (C=O) groups excluding carboxylic acids is 3. The molecule has 3 saturated heterocycles. The van der Waals surface area contributed by atoms with Crippen LogP contribution in [-0.4, -0.2) is 82.1 Å². The van der Waals surface area contributed by atoms with Gasteiger partial charge in [0.2, 0.25) is 5.91 Å². The summed E-state index contributed by atoms with van der Waals surface area (Å²) in [5.41, 5.74) is 1.42. The van der Waals surface area contributed by atoms with E-state index in [-0.39, 0.29) is 24.3 Å². The lowest BCUT2D eigenvalue weighted by Crippen LogP contribution is -2.64. The van der Waals surface area contributed by atoms with Crippen molar-refractivity contribution in [2.75, 3.05) is 32.8 Å². The molecule has 3 aliphatic rings. The summed E-state index contributed by atoms with van der Waals surface area (Å²) in [5.74, 6) is -0.0525. The van der Waals surface area contributed by atoms with Crippen LogP contribution in [0.5, 0.6) is 0 Å². The highest BCUT2D eigenvalue weighted by Gasteiger charge is 2.52. The van der Waals surface area contributed by atoms with E-state index >= 15 is 0 Å². The van der Waals surface area contributed by atoms with Gasteiger partial charge in [0.1, 0.15) is 18.3 Å². The van der Waals surface area contributed by atoms with Crippen LogP contribution >= 0.6 is 0 Å². The predicted molar refractivity (Wildman–Crippen MR) is 126 cm³/mol. The molecule has 0 bridgehead atoms. The minimum atomic E-state index is -0.529. The quantitative estimate of drug-likeness (QED) is 0.578. The maximum absolute atomic E-state index is 13.5. The van der Waals surface area contributed by atoms with Crippen LogP contribution in [-0.2, 0) is 32.2 Å². The van der Waals surface area contributed by atoms with Crippen molar-refractivity contribution in [2.45, 2.75) is 44.1 Å². The van der Waals surface area contributed by atoms with Crippen molar-refractivity contribution in [3.63, 3.8) is 0 Å². The van der Waals surface area contributed by atoms with E-state index in [0.717, 1.165) is 17.7 Å². The van der Waals surface area contributed by atoms with Gasteiger partial charge in [-0.15, -0.1) is 0 Å². The summed E-state index contributed by atoms with van der Waals surface area (Å²) in [6.45, 7) is 3.13. The summed E-state index contributed by atoms with van der Waals surface area (Å²) in [5, 5.41) is 0. The Kier molecular flexibility index (Phi) is 6.68. The normalized spacial score (nSPS) is 20.6. The summed E-state index contributed by atoms with van der Waals surface area (Å²) in [6.07, 6.45) is 2.49. The maximum atomic E-state index is 13.5. The molecular weight excluding hydrogens is 448 g/mol. The Morgan fingerprint density at radius 1 is 1.09 bits per heavy atom. The van der Waals surface area contributed by atoms with Crippen molar-refractivity contribution in [1.29, 1.82) is 0 Å². The molecule has 3 amide bonds. The minimum Gasteiger partial charge on any atom is -0.448 e. The van der Waals surface area contributed by atoms with Crippen LogP contribution in [0.1, 0.15) is 30.5 Å². The van der Waals surface area contributed by atoms with Gasteiger partial charge in [0, 0.05) is 25.7 Å². The van der Waals surface area contributed by atoms with Crippen LogP contribution in [0.15, 0.2) is 54.7 Å². The fourth-order valence-corrected chi connectivity index (χ4v) is 4.97. The molecule has 35 heavy (non-hydrogen) atoms. The number of amides is 3. The van der Waals surface area contributed by atoms with E-state index in [9.17, 15) is 14.4 Å². The fraction of sp³-hybridized carbons (Fsp3) is 0.462. The smallest absolute Gasteiger partial charge is 0.409 e. The molecule has 1 atom stereocenters. The topological polar surface area (TPSA) is 92.3 Å². The second-order valence-electron chi connectivity index (χ2n) is 9.43. The van der Waals surface area contributed by atoms with Gasteiger partial charge in [-0.1, -0.05) is 36.4 Å². The highest BCUT2D eigenvalue weighted by Crippen LogP contribution is 2.39. The molecule has 1 unspecified atom stereocenters. The van der Waals surface area contributed by atoms with E-state index in [2.05, 4.69) is 4.98 Å². The van der Waals surface area contributed by atoms with Gasteiger partial charge < -0.3 is 24.2 Å². The highest BCUT2D eigenvalue weighted by molar-refractivity contribution is 5.82. The molecule has 2 aromatic rings. The van der Waals surface area contributed by atoms with E-state index in [0.29, 0.717) is 52.3 Å². The van der Waals surface area contributed by atoms with Crippen LogP contribution in [0.4, 0.5) is 4.79 Å². The maximum Gasteiger partial charge on any atom is 0.409 e. The Morgan fingerprint density at radius 2 is 1.89 bits per heavy atom. The number of pyridine rings is 1. The SMILES string of the molecule is O=C(CCN1CCOC1=O)N1CC2(CCC(C(=O)N(Cc3ccccc3)Cc3ccccn3)O2)C1. The van der Waals surface area contributed by atoms with Gasteiger partial charge in [0.05, 0.1) is 31.9 Å². The van der Waals surface area contributed by atoms with E-state index in [1.165, 1.54) is 0 Å². The molecule has 5 rings (SSSR count). The van der Waals surface area contributed by atoms with E-state index in [1.54, 1.807) is 20.9 Å². The third-order valence-corrected chi connectivity index (χ3v) is 6.89. The number of nitrogens with zero attached hydrogens (tertiary/aromatic N) is 4. The largest absolute Gasteiger partial charge is 0.448 e. The number of hydrogen-bond donors (Lipinski definition) is 0. The van der Waals surface area contributed by atoms with Crippen LogP contribution in [0.3, 0.4) is 0 Å². The fourth-order valence-electron chi connectivity index (χ4n) is 4.97. The predicted octanol–water partition coefficient (Wildman–Crippen LogP) is 2.21. The molecule has 1 aromatic heterocycles. The zero-order valence-electron chi connectivity index (χ0n) is 19.7. The first kappa shape index (κ1) is 23.3. The lowest BCUT2D eigenvalue weighted by Gasteiger charge is -2.47. The van der Waals surface area contributed by atoms with Gasteiger partial charge in [0.25, 0.3) is 5.91 Å². The second-order valence-corrected chi connectivity index (χ2v) is 9.43. The Morgan fingerprint density at radius 3 is 2.60 bits per heavy atom. The number of likely N-dealkylation sites (tertiary alicyclic amines) is 1. The first-order valence-electron chi connectivity index (χ1n) is 12.1. The number of cyclic esters (lactones) is 1. The second kappa shape index (κ2) is 10.0. The molecule has 184 valence electrons. The van der Waals surface area contributed by atoms with Gasteiger partial charge in [-0.3, -0.25) is 14.6 Å². The molecule has 0 aliphatic carbocycles. The first-order chi connectivity index (χ1) is 17.0. The molecule has 0 N–H and O–H groups in total. The lowest BCUT2D eigenvalue weighted by molar-refractivity contribution is -0.173. The van der Waals surface area contributed by atoms with Gasteiger partial charge in [-0.2, -0.15) is 0 Å². The third kappa shape index (κ3) is 5.30. The van der Waals surface area contributed by atoms with Crippen LogP contribution in [0.2, 0.25) is 0 Å². The molecule has 0 saturated carbocycles. The summed E-state index contributed by atoms with van der Waals surface area (Å²) in [6, 6.07) is 15.6. The van der Waals surface area contributed by atoms with Crippen molar-refractivity contribution in [3.05, 3.63) is 66.0 Å². The number of hydrogen-bond acceptors (Lipinski definition) is 6. The average Bonchev–Trinajstić information content (AvgIpc) is 3.49. The van der Waals surface area contributed by atoms with Crippen LogP contribution < -0.4 is 0 Å². The minimum absolute atomic E-state index is 0.00504. The highest BCUT2D eigenvalue weighted by atomic mass is 16.6. The van der Waals surface area contributed by atoms with E-state index in [1.807, 2.05) is 48.5 Å². The molecule has 1 aromatic carbocycles. The Labute approximate surface area is 204 Å². The van der Waals surface area contributed by atoms with Crippen LogP contribution in [0, 0.1) is 0 Å². The average molecular weight is 479 g/mol. The number of ether oxygens (including phenoxy) is 2. The lowest BCUT2D eigenvalue weighted by atomic mass is 9.90. The molecule has 9 heteroatoms. The zero-order valence-corrected chi connectivity index (χ0v) is 19.7. The third-order valence-electron chi connectivity index (χ3n) is 6.89. The Balaban J connectivity index is 1.17. The molecule has 4 heterocycles. The number of carbonyl (C=O) groups is 3. The molecule has 1 spiro atoms. The Bertz CT molecular complexity index is 1020. The van der Waals surface area contributed by atoms with Crippen LogP contribution in [0.25, 0.3) is 0 Å². The molecule has 3 fully saturated rings. The monoisotopic (exact) mass is 478 g/mol. The summed E-state index contributed by atoms with van der Waals surface area (Å²) in [4.78, 5) is 47.1. The van der Waals surface area contributed by atoms with Crippen molar-refractivity contribution < 1.29 is 23.9 Å². The standard InChI is InChI=1S/C26H30N4O5/c31-23(10-13-28-14-15-34-25(28)33)30-18-26(19-30)11-9-22(35-26)24(32)29(16-20-6-2-1-3-7-20)17-21-8-4-5-12-27-21/h1-8,12,22H,9-11,13-19H2. The zero-order chi connectivity index (χ0) is 24.3. The summed E-state index contributed by atoms with van der Waals surface area (Å²) < 4.78 is 11.2. The van der Waals surface area contributed by atoms with Gasteiger partial charge in [-0.05, 0) is 30.5 Å². The molecule has 9 nitrogen and oxygen atoms in total. The van der Waals surface area contributed by atoms with Crippen molar-refractivity contribution in [1.82, 2.24) is 19.7 Å². The van der Waals surface area contributed by atoms with E-state index < -0.39 is 11.7 Å². The summed E-state index contributed by atoms with van der Waals surface area (Å²) >= 11 is 0. The first-order valence-corrected chi connectivity index (χ1v) is 12.1.